The van der Waals surface area contributed by atoms with Crippen LogP contribution < -0.4 is 21.3 Å². The molecule has 8 nitrogen and oxygen atoms in total. The minimum Gasteiger partial charge on any atom is -0.351 e. The van der Waals surface area contributed by atoms with Gasteiger partial charge in [0, 0.05) is 49.9 Å². The number of hydrogen-bond acceptors (Lipinski definition) is 4. The minimum atomic E-state index is 0.0670. The third-order valence-electron chi connectivity index (χ3n) is 22.8. The van der Waals surface area contributed by atoms with E-state index in [9.17, 15) is 19.2 Å². The first-order chi connectivity index (χ1) is 45.3. The van der Waals surface area contributed by atoms with Crippen LogP contribution in [-0.4, -0.2) is 47.8 Å². The Hall–Kier alpha value is -2.12. The highest BCUT2D eigenvalue weighted by Crippen LogP contribution is 2.47. The van der Waals surface area contributed by atoms with Crippen LogP contribution in [0.15, 0.2) is 0 Å². The highest BCUT2D eigenvalue weighted by Gasteiger charge is 2.36. The van der Waals surface area contributed by atoms with Crippen LogP contribution in [0, 0.1) is 23.7 Å². The van der Waals surface area contributed by atoms with Crippen LogP contribution >= 0.6 is 0 Å². The quantitative estimate of drug-likeness (QED) is 0.0454. The molecule has 3 rings (SSSR count). The Bertz CT molecular complexity index is 1570. The van der Waals surface area contributed by atoms with E-state index in [4.69, 9.17) is 0 Å². The van der Waals surface area contributed by atoms with E-state index in [-0.39, 0.29) is 47.8 Å². The summed E-state index contributed by atoms with van der Waals surface area (Å²) in [6.07, 6.45) is 85.1. The van der Waals surface area contributed by atoms with Crippen molar-refractivity contribution in [1.29, 1.82) is 0 Å². The van der Waals surface area contributed by atoms with E-state index in [1.54, 1.807) is 0 Å². The number of rotatable bonds is 64. The average Bonchev–Trinajstić information content (AvgIpc) is 0.984. The molecule has 0 heterocycles. The lowest BCUT2D eigenvalue weighted by Crippen LogP contribution is -2.53. The van der Waals surface area contributed by atoms with Gasteiger partial charge in [-0.15, -0.1) is 0 Å². The minimum absolute atomic E-state index is 0.0670. The van der Waals surface area contributed by atoms with Gasteiger partial charge in [-0.25, -0.2) is 0 Å². The second-order valence-electron chi connectivity index (χ2n) is 31.2. The van der Waals surface area contributed by atoms with Crippen LogP contribution in [0.3, 0.4) is 0 Å². The topological polar surface area (TPSA) is 116 Å². The van der Waals surface area contributed by atoms with Crippen molar-refractivity contribution in [3.63, 3.8) is 0 Å². The van der Waals surface area contributed by atoms with Gasteiger partial charge in [0.15, 0.2) is 0 Å². The molecule has 8 heteroatoms. The van der Waals surface area contributed by atoms with Crippen molar-refractivity contribution in [2.45, 2.75) is 488 Å². The third-order valence-corrected chi connectivity index (χ3v) is 22.8. The van der Waals surface area contributed by atoms with E-state index >= 15 is 0 Å². The van der Waals surface area contributed by atoms with E-state index in [1.165, 1.54) is 308 Å². The van der Waals surface area contributed by atoms with Crippen LogP contribution in [0.2, 0.25) is 0 Å². The summed E-state index contributed by atoms with van der Waals surface area (Å²) in [5, 5.41) is 13.5. The van der Waals surface area contributed by atoms with Gasteiger partial charge in [0.2, 0.25) is 23.6 Å². The van der Waals surface area contributed by atoms with Crippen LogP contribution in [-0.2, 0) is 19.2 Å². The van der Waals surface area contributed by atoms with Crippen molar-refractivity contribution < 1.29 is 19.2 Å². The molecule has 0 bridgehead atoms. The largest absolute Gasteiger partial charge is 0.351 e. The van der Waals surface area contributed by atoms with Gasteiger partial charge < -0.3 is 21.3 Å². The van der Waals surface area contributed by atoms with Crippen molar-refractivity contribution in [3.05, 3.63) is 0 Å². The molecule has 540 valence electrons. The summed E-state index contributed by atoms with van der Waals surface area (Å²) in [4.78, 5) is 53.1. The standard InChI is InChI=1S/C84H160N4O4/c1-5-9-13-17-21-23-25-27-29-31-33-35-37-41-51-67-81(89)85-77-63-55-57-65-79(77)87-83(91)69-53-45-43-49-61-75-71-73(59-47-39-19-15-11-7-3)74(60-48-40-20-16-12-8-4)72-76(75)62-50-44-46-54-70-84(92)88-80-66-58-56-64-78(80)86-82(90)68-52-42-38-36-34-32-30-28-26-24-22-18-14-10-6-2/h73-80H,5-72H2,1-4H3,(H,85,89)(H,86,90)(H,87,91)(H,88,92)/t73?,74?,75?,76?,77-,78+,79+,80-. The molecule has 8 atom stereocenters. The Morgan fingerprint density at radius 2 is 0.370 bits per heavy atom. The molecule has 0 aromatic rings. The SMILES string of the molecule is CCCCCCCCCCCCCCCCCC(=O)N[C@H]1CCCC[C@H]1NC(=O)CCCCCCC1CC(CCCCCCCC)C(CCCCCCCC)CC1CCCCCCC(=O)N[C@H]1CCCC[C@H]1NC(=O)CCCCCCCCCCCCCCCCC. The van der Waals surface area contributed by atoms with E-state index < -0.39 is 0 Å². The number of carbonyl (C=O) groups is 4. The third kappa shape index (κ3) is 46.2. The fraction of sp³-hybridized carbons (Fsp3) is 0.952. The van der Waals surface area contributed by atoms with Crippen molar-refractivity contribution in [2.24, 2.45) is 23.7 Å². The molecule has 3 saturated carbocycles. The monoisotopic (exact) mass is 1290 g/mol. The summed E-state index contributed by atoms with van der Waals surface area (Å²) in [5.74, 6) is 4.13. The molecule has 4 N–H and O–H groups in total. The lowest BCUT2D eigenvalue weighted by Gasteiger charge is -2.42. The van der Waals surface area contributed by atoms with E-state index in [0.29, 0.717) is 25.7 Å². The predicted octanol–water partition coefficient (Wildman–Crippen LogP) is 25.0. The molecule has 3 aliphatic rings. The second-order valence-corrected chi connectivity index (χ2v) is 31.2. The van der Waals surface area contributed by atoms with Gasteiger partial charge in [-0.1, -0.05) is 374 Å². The van der Waals surface area contributed by atoms with Gasteiger partial charge in [-0.05, 0) is 87.9 Å². The maximum atomic E-state index is 13.4. The number of unbranched alkanes of at least 4 members (excludes halogenated alkanes) is 44. The van der Waals surface area contributed by atoms with E-state index in [1.807, 2.05) is 0 Å². The molecule has 3 aliphatic carbocycles. The van der Waals surface area contributed by atoms with Gasteiger partial charge >= 0.3 is 0 Å². The molecule has 0 aromatic heterocycles. The Morgan fingerprint density at radius 3 is 0.543 bits per heavy atom. The van der Waals surface area contributed by atoms with Gasteiger partial charge in [0.25, 0.3) is 0 Å². The van der Waals surface area contributed by atoms with Crippen molar-refractivity contribution >= 4 is 23.6 Å². The van der Waals surface area contributed by atoms with Crippen LogP contribution in [0.25, 0.3) is 0 Å². The van der Waals surface area contributed by atoms with E-state index in [2.05, 4.69) is 49.0 Å². The Morgan fingerprint density at radius 1 is 0.217 bits per heavy atom. The van der Waals surface area contributed by atoms with Crippen LogP contribution in [0.1, 0.15) is 464 Å². The van der Waals surface area contributed by atoms with Crippen molar-refractivity contribution in [3.8, 4) is 0 Å². The van der Waals surface area contributed by atoms with Gasteiger partial charge in [0.1, 0.15) is 0 Å². The highest BCUT2D eigenvalue weighted by molar-refractivity contribution is 5.78. The first-order valence-electron chi connectivity index (χ1n) is 42.4. The number of amides is 4. The summed E-state index contributed by atoms with van der Waals surface area (Å²) in [7, 11) is 0. The lowest BCUT2D eigenvalue weighted by molar-refractivity contribution is -0.125. The number of carbonyl (C=O) groups excluding carboxylic acids is 4. The van der Waals surface area contributed by atoms with Crippen molar-refractivity contribution in [1.82, 2.24) is 21.3 Å². The lowest BCUT2D eigenvalue weighted by atomic mass is 9.63. The molecule has 3 fully saturated rings. The van der Waals surface area contributed by atoms with Crippen LogP contribution in [0.5, 0.6) is 0 Å². The van der Waals surface area contributed by atoms with E-state index in [0.717, 1.165) is 126 Å². The maximum absolute atomic E-state index is 13.4. The summed E-state index contributed by atoms with van der Waals surface area (Å²) < 4.78 is 0. The normalized spacial score (nSPS) is 20.9. The highest BCUT2D eigenvalue weighted by atomic mass is 16.2. The summed E-state index contributed by atoms with van der Waals surface area (Å²) >= 11 is 0. The Balaban J connectivity index is 1.38. The zero-order chi connectivity index (χ0) is 65.8. The van der Waals surface area contributed by atoms with Gasteiger partial charge in [-0.2, -0.15) is 0 Å². The Labute approximate surface area is 573 Å². The summed E-state index contributed by atoms with van der Waals surface area (Å²) in [6.45, 7) is 9.25. The first-order valence-corrected chi connectivity index (χ1v) is 42.4. The molecular weight excluding hydrogens is 1130 g/mol. The summed E-state index contributed by atoms with van der Waals surface area (Å²) in [5.41, 5.74) is 0. The second kappa shape index (κ2) is 61.2. The molecule has 0 aromatic carbocycles. The first kappa shape index (κ1) is 84.1. The zero-order valence-corrected chi connectivity index (χ0v) is 62.3. The smallest absolute Gasteiger partial charge is 0.220 e. The number of hydrogen-bond donors (Lipinski definition) is 4. The van der Waals surface area contributed by atoms with Crippen LogP contribution in [0.4, 0.5) is 0 Å². The average molecular weight is 1290 g/mol. The molecule has 4 unspecified atom stereocenters. The molecule has 0 spiro atoms. The summed E-state index contributed by atoms with van der Waals surface area (Å²) in [6, 6.07) is 0.276. The Kier molecular flexibility index (Phi) is 56.0. The molecule has 92 heavy (non-hydrogen) atoms. The van der Waals surface area contributed by atoms with Gasteiger partial charge in [-0.3, -0.25) is 19.2 Å². The predicted molar refractivity (Wildman–Crippen MR) is 398 cm³/mol. The fourth-order valence-corrected chi connectivity index (χ4v) is 16.8. The molecule has 0 radical (unpaired) electrons. The zero-order valence-electron chi connectivity index (χ0n) is 62.3. The van der Waals surface area contributed by atoms with Gasteiger partial charge in [0.05, 0.1) is 0 Å². The molecule has 0 aliphatic heterocycles. The molecule has 0 saturated heterocycles. The molecule has 4 amide bonds. The fourth-order valence-electron chi connectivity index (χ4n) is 16.8. The molecular formula is C84H160N4O4. The van der Waals surface area contributed by atoms with Crippen molar-refractivity contribution in [2.75, 3.05) is 0 Å². The maximum Gasteiger partial charge on any atom is 0.220 e. The number of nitrogens with one attached hydrogen (secondary N) is 4.